The van der Waals surface area contributed by atoms with E-state index in [0.29, 0.717) is 25.2 Å². The molecule has 0 aliphatic rings. The van der Waals surface area contributed by atoms with E-state index in [1.165, 1.54) is 0 Å². The van der Waals surface area contributed by atoms with Crippen molar-refractivity contribution in [1.29, 1.82) is 0 Å². The molecular formula is C10H21NO. The molecule has 12 heavy (non-hydrogen) atoms. The Kier molecular flexibility index (Phi) is 7.11. The SMILES string of the molecule is C/C=C\C[C@@H](OCCN)C(C)C. The van der Waals surface area contributed by atoms with E-state index < -0.39 is 0 Å². The van der Waals surface area contributed by atoms with Crippen LogP contribution in [0.5, 0.6) is 0 Å². The lowest BCUT2D eigenvalue weighted by atomic mass is 10.0. The molecule has 0 aliphatic carbocycles. The molecule has 0 bridgehead atoms. The maximum Gasteiger partial charge on any atom is 0.0633 e. The first-order valence-corrected chi connectivity index (χ1v) is 4.65. The summed E-state index contributed by atoms with van der Waals surface area (Å²) in [6.45, 7) is 7.65. The molecule has 0 fully saturated rings. The molecular weight excluding hydrogens is 150 g/mol. The van der Waals surface area contributed by atoms with Crippen molar-refractivity contribution in [3.63, 3.8) is 0 Å². The van der Waals surface area contributed by atoms with Crippen molar-refractivity contribution < 1.29 is 4.74 Å². The third-order valence-corrected chi connectivity index (χ3v) is 1.80. The number of hydrogen-bond acceptors (Lipinski definition) is 2. The van der Waals surface area contributed by atoms with Gasteiger partial charge in [-0.1, -0.05) is 26.0 Å². The Balaban J connectivity index is 3.70. The molecule has 0 saturated heterocycles. The molecule has 0 rings (SSSR count). The highest BCUT2D eigenvalue weighted by molar-refractivity contribution is 4.82. The van der Waals surface area contributed by atoms with Gasteiger partial charge in [-0.25, -0.2) is 0 Å². The maximum atomic E-state index is 5.58. The van der Waals surface area contributed by atoms with Crippen LogP contribution < -0.4 is 5.73 Å². The van der Waals surface area contributed by atoms with E-state index in [1.807, 2.05) is 6.92 Å². The molecule has 2 nitrogen and oxygen atoms in total. The van der Waals surface area contributed by atoms with Crippen molar-refractivity contribution in [3.8, 4) is 0 Å². The molecule has 0 aromatic carbocycles. The highest BCUT2D eigenvalue weighted by Crippen LogP contribution is 2.10. The second-order valence-electron chi connectivity index (χ2n) is 3.25. The summed E-state index contributed by atoms with van der Waals surface area (Å²) in [6.07, 6.45) is 5.51. The van der Waals surface area contributed by atoms with Gasteiger partial charge in [0.05, 0.1) is 12.7 Å². The topological polar surface area (TPSA) is 35.2 Å². The minimum atomic E-state index is 0.324. The number of rotatable bonds is 6. The summed E-state index contributed by atoms with van der Waals surface area (Å²) in [6, 6.07) is 0. The third kappa shape index (κ3) is 5.33. The van der Waals surface area contributed by atoms with E-state index in [-0.39, 0.29) is 0 Å². The van der Waals surface area contributed by atoms with Gasteiger partial charge in [0, 0.05) is 6.54 Å². The van der Waals surface area contributed by atoms with E-state index in [9.17, 15) is 0 Å². The van der Waals surface area contributed by atoms with Gasteiger partial charge in [0.15, 0.2) is 0 Å². The first-order chi connectivity index (χ1) is 5.72. The molecule has 0 spiro atoms. The Morgan fingerprint density at radius 3 is 2.50 bits per heavy atom. The van der Waals surface area contributed by atoms with Crippen LogP contribution in [0.25, 0.3) is 0 Å². The third-order valence-electron chi connectivity index (χ3n) is 1.80. The standard InChI is InChI=1S/C10H21NO/c1-4-5-6-10(9(2)3)12-8-7-11/h4-5,9-10H,6-8,11H2,1-3H3/b5-4-/t10-/m1/s1. The van der Waals surface area contributed by atoms with Gasteiger partial charge in [-0.15, -0.1) is 0 Å². The van der Waals surface area contributed by atoms with E-state index >= 15 is 0 Å². The second-order valence-corrected chi connectivity index (χ2v) is 3.25. The average Bonchev–Trinajstić information content (AvgIpc) is 2.04. The number of allylic oxidation sites excluding steroid dienone is 1. The average molecular weight is 171 g/mol. The Hall–Kier alpha value is -0.340. The van der Waals surface area contributed by atoms with Crippen LogP contribution in [-0.4, -0.2) is 19.3 Å². The van der Waals surface area contributed by atoms with E-state index in [2.05, 4.69) is 26.0 Å². The summed E-state index contributed by atoms with van der Waals surface area (Å²) in [7, 11) is 0. The fourth-order valence-electron chi connectivity index (χ4n) is 1.02. The van der Waals surface area contributed by atoms with Gasteiger partial charge in [-0.2, -0.15) is 0 Å². The zero-order valence-corrected chi connectivity index (χ0v) is 8.42. The van der Waals surface area contributed by atoms with Crippen LogP contribution in [0, 0.1) is 5.92 Å². The lowest BCUT2D eigenvalue weighted by molar-refractivity contribution is 0.0294. The van der Waals surface area contributed by atoms with Crippen LogP contribution >= 0.6 is 0 Å². The van der Waals surface area contributed by atoms with Gasteiger partial charge in [0.2, 0.25) is 0 Å². The Labute approximate surface area is 75.8 Å². The maximum absolute atomic E-state index is 5.58. The van der Waals surface area contributed by atoms with Crippen molar-refractivity contribution >= 4 is 0 Å². The van der Waals surface area contributed by atoms with Crippen molar-refractivity contribution in [2.75, 3.05) is 13.2 Å². The second kappa shape index (κ2) is 7.32. The molecule has 0 aromatic rings. The summed E-state index contributed by atoms with van der Waals surface area (Å²) in [5.41, 5.74) is 5.36. The lowest BCUT2D eigenvalue weighted by Crippen LogP contribution is -2.22. The normalized spacial score (nSPS) is 14.4. The van der Waals surface area contributed by atoms with Crippen molar-refractivity contribution in [2.24, 2.45) is 11.7 Å². The molecule has 2 heteroatoms. The summed E-state index contributed by atoms with van der Waals surface area (Å²) in [5.74, 6) is 0.563. The van der Waals surface area contributed by atoms with Crippen molar-refractivity contribution in [1.82, 2.24) is 0 Å². The van der Waals surface area contributed by atoms with Gasteiger partial charge in [-0.3, -0.25) is 0 Å². The van der Waals surface area contributed by atoms with Crippen molar-refractivity contribution in [2.45, 2.75) is 33.3 Å². The van der Waals surface area contributed by atoms with Crippen molar-refractivity contribution in [3.05, 3.63) is 12.2 Å². The van der Waals surface area contributed by atoms with Gasteiger partial charge < -0.3 is 10.5 Å². The number of nitrogens with two attached hydrogens (primary N) is 1. The van der Waals surface area contributed by atoms with Crippen LogP contribution in [0.15, 0.2) is 12.2 Å². The van der Waals surface area contributed by atoms with E-state index in [4.69, 9.17) is 10.5 Å². The fourth-order valence-corrected chi connectivity index (χ4v) is 1.02. The smallest absolute Gasteiger partial charge is 0.0633 e. The van der Waals surface area contributed by atoms with Crippen LogP contribution in [0.4, 0.5) is 0 Å². The molecule has 0 saturated carbocycles. The molecule has 0 amide bonds. The predicted octanol–water partition coefficient (Wildman–Crippen LogP) is 1.95. The summed E-state index contributed by atoms with van der Waals surface area (Å²) < 4.78 is 5.58. The molecule has 0 aliphatic heterocycles. The number of ether oxygens (including phenoxy) is 1. The minimum absolute atomic E-state index is 0.324. The summed E-state index contributed by atoms with van der Waals surface area (Å²) in [4.78, 5) is 0. The fraction of sp³-hybridized carbons (Fsp3) is 0.800. The molecule has 0 heterocycles. The highest BCUT2D eigenvalue weighted by atomic mass is 16.5. The minimum Gasteiger partial charge on any atom is -0.376 e. The Morgan fingerprint density at radius 1 is 1.42 bits per heavy atom. The predicted molar refractivity (Wildman–Crippen MR) is 53.1 cm³/mol. The summed E-state index contributed by atoms with van der Waals surface area (Å²) >= 11 is 0. The quantitative estimate of drug-likeness (QED) is 0.620. The zero-order chi connectivity index (χ0) is 9.40. The molecule has 2 N–H and O–H groups in total. The molecule has 0 aromatic heterocycles. The van der Waals surface area contributed by atoms with Gasteiger partial charge in [-0.05, 0) is 19.3 Å². The van der Waals surface area contributed by atoms with Gasteiger partial charge in [0.1, 0.15) is 0 Å². The first-order valence-electron chi connectivity index (χ1n) is 4.65. The molecule has 1 atom stereocenters. The Morgan fingerprint density at radius 2 is 2.08 bits per heavy atom. The molecule has 0 radical (unpaired) electrons. The zero-order valence-electron chi connectivity index (χ0n) is 8.42. The first kappa shape index (κ1) is 11.7. The van der Waals surface area contributed by atoms with Gasteiger partial charge >= 0.3 is 0 Å². The lowest BCUT2D eigenvalue weighted by Gasteiger charge is -2.19. The Bertz CT molecular complexity index is 121. The largest absolute Gasteiger partial charge is 0.376 e. The van der Waals surface area contributed by atoms with Crippen LogP contribution in [0.1, 0.15) is 27.2 Å². The summed E-state index contributed by atoms with van der Waals surface area (Å²) in [5, 5.41) is 0. The molecule has 72 valence electrons. The van der Waals surface area contributed by atoms with Gasteiger partial charge in [0.25, 0.3) is 0 Å². The number of hydrogen-bond donors (Lipinski definition) is 1. The monoisotopic (exact) mass is 171 g/mol. The molecule has 0 unspecified atom stereocenters. The van der Waals surface area contributed by atoms with Crippen LogP contribution in [-0.2, 0) is 4.74 Å². The highest BCUT2D eigenvalue weighted by Gasteiger charge is 2.10. The van der Waals surface area contributed by atoms with Crippen LogP contribution in [0.2, 0.25) is 0 Å². The van der Waals surface area contributed by atoms with E-state index in [1.54, 1.807) is 0 Å². The van der Waals surface area contributed by atoms with E-state index in [0.717, 1.165) is 6.42 Å². The van der Waals surface area contributed by atoms with Crippen LogP contribution in [0.3, 0.4) is 0 Å².